The Labute approximate surface area is 370 Å². The van der Waals surface area contributed by atoms with Gasteiger partial charge in [0.15, 0.2) is 0 Å². The number of alkyl halides is 4. The highest BCUT2D eigenvalue weighted by Crippen LogP contribution is 2.38. The first-order chi connectivity index (χ1) is 29.1. The van der Waals surface area contributed by atoms with Crippen molar-refractivity contribution in [3.8, 4) is 0 Å². The van der Waals surface area contributed by atoms with E-state index in [0.717, 1.165) is 113 Å². The van der Waals surface area contributed by atoms with Crippen molar-refractivity contribution in [1.29, 1.82) is 0 Å². The van der Waals surface area contributed by atoms with Crippen LogP contribution < -0.4 is 0 Å². The molecule has 0 aromatic carbocycles. The van der Waals surface area contributed by atoms with Gasteiger partial charge in [0.25, 0.3) is 11.8 Å². The Morgan fingerprint density at radius 3 is 0.550 bits per heavy atom. The number of hydrogen-bond donors (Lipinski definition) is 0. The number of rotatable bonds is 47. The molecule has 0 saturated heterocycles. The van der Waals surface area contributed by atoms with E-state index < -0.39 is 23.7 Å². The molecule has 0 spiro atoms. The first kappa shape index (κ1) is 58.7. The second kappa shape index (κ2) is 41.7. The fourth-order valence-corrected chi connectivity index (χ4v) is 8.46. The standard InChI is InChI=1S/C52H100F4N2O2/c1-5-9-13-17-21-25-29-33-37-41-45-57(46-42-38-34-30-26-22-18-14-10-6-2)49(59)51(53,54)52(55,56)50(60)58(47-43-39-35-31-27-23-19-15-11-7-3)48-44-40-36-32-28-24-20-16-12-8-4/h5-48H2,1-4H3. The molecular formula is C52H100F4N2O2. The Bertz CT molecular complexity index is 827. The molecule has 4 nitrogen and oxygen atoms in total. The fraction of sp³-hybridized carbons (Fsp3) is 0.962. The van der Waals surface area contributed by atoms with Gasteiger partial charge in [0.1, 0.15) is 0 Å². The summed E-state index contributed by atoms with van der Waals surface area (Å²) in [5.74, 6) is -14.0. The van der Waals surface area contributed by atoms with Crippen LogP contribution in [0.5, 0.6) is 0 Å². The lowest BCUT2D eigenvalue weighted by atomic mass is 10.0. The van der Waals surface area contributed by atoms with Gasteiger partial charge in [0.2, 0.25) is 0 Å². The summed E-state index contributed by atoms with van der Waals surface area (Å²) < 4.78 is 63.8. The first-order valence-corrected chi connectivity index (χ1v) is 26.5. The lowest BCUT2D eigenvalue weighted by Gasteiger charge is -2.34. The zero-order valence-corrected chi connectivity index (χ0v) is 40.3. The average Bonchev–Trinajstić information content (AvgIpc) is 3.24. The third kappa shape index (κ3) is 30.7. The molecule has 0 aromatic rings. The van der Waals surface area contributed by atoms with Crippen molar-refractivity contribution >= 4 is 11.8 Å². The molecule has 0 bridgehead atoms. The molecule has 0 saturated carbocycles. The predicted octanol–water partition coefficient (Wildman–Crippen LogP) is 17.6. The highest BCUT2D eigenvalue weighted by Gasteiger charge is 2.68. The Balaban J connectivity index is 5.50. The summed E-state index contributed by atoms with van der Waals surface area (Å²) in [4.78, 5) is 29.0. The molecule has 8 heteroatoms. The summed E-state index contributed by atoms with van der Waals surface area (Å²) in [7, 11) is 0. The average molecular weight is 861 g/mol. The molecule has 60 heavy (non-hydrogen) atoms. The van der Waals surface area contributed by atoms with E-state index in [-0.39, 0.29) is 26.2 Å². The van der Waals surface area contributed by atoms with Gasteiger partial charge in [-0.25, -0.2) is 0 Å². The van der Waals surface area contributed by atoms with Crippen LogP contribution in [0.2, 0.25) is 0 Å². The Morgan fingerprint density at radius 1 is 0.267 bits per heavy atom. The van der Waals surface area contributed by atoms with Gasteiger partial charge in [0.05, 0.1) is 0 Å². The van der Waals surface area contributed by atoms with Crippen LogP contribution in [-0.2, 0) is 9.59 Å². The Hall–Kier alpha value is -1.34. The minimum absolute atomic E-state index is 0.0214. The Morgan fingerprint density at radius 2 is 0.400 bits per heavy atom. The van der Waals surface area contributed by atoms with E-state index in [1.54, 1.807) is 0 Å². The molecule has 0 fully saturated rings. The molecule has 0 aliphatic rings. The van der Waals surface area contributed by atoms with Crippen LogP contribution in [0, 0.1) is 0 Å². The number of nitrogens with zero attached hydrogens (tertiary/aromatic N) is 2. The largest absolute Gasteiger partial charge is 0.395 e. The van der Waals surface area contributed by atoms with E-state index in [0.29, 0.717) is 25.7 Å². The van der Waals surface area contributed by atoms with Gasteiger partial charge >= 0.3 is 11.8 Å². The number of carbonyl (C=O) groups excluding carboxylic acids is 2. The molecule has 0 unspecified atom stereocenters. The third-order valence-corrected chi connectivity index (χ3v) is 12.6. The number of amides is 2. The second-order valence-corrected chi connectivity index (χ2v) is 18.5. The maximum Gasteiger partial charge on any atom is 0.395 e. The predicted molar refractivity (Wildman–Crippen MR) is 250 cm³/mol. The van der Waals surface area contributed by atoms with Crippen molar-refractivity contribution in [2.24, 2.45) is 0 Å². The van der Waals surface area contributed by atoms with Gasteiger partial charge in [-0.15, -0.1) is 0 Å². The topological polar surface area (TPSA) is 40.6 Å². The first-order valence-electron chi connectivity index (χ1n) is 26.5. The van der Waals surface area contributed by atoms with E-state index in [1.165, 1.54) is 128 Å². The normalized spacial score (nSPS) is 12.1. The molecule has 0 atom stereocenters. The van der Waals surface area contributed by atoms with Crippen molar-refractivity contribution in [2.75, 3.05) is 26.2 Å². The highest BCUT2D eigenvalue weighted by molar-refractivity contribution is 5.95. The van der Waals surface area contributed by atoms with Crippen LogP contribution in [0.3, 0.4) is 0 Å². The van der Waals surface area contributed by atoms with E-state index in [1.807, 2.05) is 0 Å². The smallest absolute Gasteiger partial charge is 0.337 e. The van der Waals surface area contributed by atoms with E-state index >= 15 is 17.6 Å². The number of halogens is 4. The van der Waals surface area contributed by atoms with Crippen molar-refractivity contribution in [3.63, 3.8) is 0 Å². The summed E-state index contributed by atoms with van der Waals surface area (Å²) >= 11 is 0. The fourth-order valence-electron chi connectivity index (χ4n) is 8.46. The summed E-state index contributed by atoms with van der Waals surface area (Å²) in [6.07, 6.45) is 42.1. The lowest BCUT2D eigenvalue weighted by molar-refractivity contribution is -0.223. The van der Waals surface area contributed by atoms with Crippen LogP contribution in [0.15, 0.2) is 0 Å². The van der Waals surface area contributed by atoms with Gasteiger partial charge in [-0.05, 0) is 25.7 Å². The maximum absolute atomic E-state index is 16.0. The molecule has 0 radical (unpaired) electrons. The zero-order valence-electron chi connectivity index (χ0n) is 40.3. The molecular weight excluding hydrogens is 761 g/mol. The van der Waals surface area contributed by atoms with E-state index in [9.17, 15) is 9.59 Å². The van der Waals surface area contributed by atoms with Gasteiger partial charge < -0.3 is 9.80 Å². The zero-order chi connectivity index (χ0) is 44.4. The van der Waals surface area contributed by atoms with Crippen molar-refractivity contribution in [2.45, 2.75) is 296 Å². The third-order valence-electron chi connectivity index (χ3n) is 12.6. The molecule has 0 N–H and O–H groups in total. The quantitative estimate of drug-likeness (QED) is 0.0452. The Kier molecular flexibility index (Phi) is 40.7. The number of hydrogen-bond acceptors (Lipinski definition) is 2. The monoisotopic (exact) mass is 861 g/mol. The van der Waals surface area contributed by atoms with Gasteiger partial charge in [-0.2, -0.15) is 17.6 Å². The maximum atomic E-state index is 16.0. The summed E-state index contributed by atoms with van der Waals surface area (Å²) in [5.41, 5.74) is 0. The summed E-state index contributed by atoms with van der Waals surface area (Å²) in [6.45, 7) is 8.89. The SMILES string of the molecule is CCCCCCCCCCCCN(CCCCCCCCCCCC)C(=O)C(F)(F)C(F)(F)C(=O)N(CCCCCCCCCCCC)CCCCCCCCCCCC. The minimum atomic E-state index is -5.10. The van der Waals surface area contributed by atoms with E-state index in [4.69, 9.17) is 0 Å². The van der Waals surface area contributed by atoms with Crippen LogP contribution in [-0.4, -0.2) is 59.6 Å². The van der Waals surface area contributed by atoms with Crippen molar-refractivity contribution < 1.29 is 27.2 Å². The van der Waals surface area contributed by atoms with Gasteiger partial charge in [0, 0.05) is 26.2 Å². The summed E-state index contributed by atoms with van der Waals surface area (Å²) in [6, 6.07) is 0. The molecule has 2 amide bonds. The van der Waals surface area contributed by atoms with Gasteiger partial charge in [-0.1, -0.05) is 259 Å². The van der Waals surface area contributed by atoms with Crippen LogP contribution in [0.1, 0.15) is 285 Å². The van der Waals surface area contributed by atoms with Crippen LogP contribution in [0.4, 0.5) is 17.6 Å². The molecule has 0 rings (SSSR count). The lowest BCUT2D eigenvalue weighted by Crippen LogP contribution is -2.61. The van der Waals surface area contributed by atoms with Gasteiger partial charge in [-0.3, -0.25) is 9.59 Å². The van der Waals surface area contributed by atoms with E-state index in [2.05, 4.69) is 27.7 Å². The highest BCUT2D eigenvalue weighted by atomic mass is 19.3. The minimum Gasteiger partial charge on any atom is -0.337 e. The molecule has 0 aliphatic heterocycles. The second-order valence-electron chi connectivity index (χ2n) is 18.5. The molecule has 0 aromatic heterocycles. The van der Waals surface area contributed by atoms with Crippen LogP contribution >= 0.6 is 0 Å². The number of unbranched alkanes of at least 4 members (excludes halogenated alkanes) is 36. The van der Waals surface area contributed by atoms with Crippen molar-refractivity contribution in [1.82, 2.24) is 9.80 Å². The molecule has 0 heterocycles. The van der Waals surface area contributed by atoms with Crippen LogP contribution in [0.25, 0.3) is 0 Å². The molecule has 0 aliphatic carbocycles. The number of carbonyl (C=O) groups is 2. The molecule has 358 valence electrons. The summed E-state index contributed by atoms with van der Waals surface area (Å²) in [5, 5.41) is 0. The van der Waals surface area contributed by atoms with Crippen molar-refractivity contribution in [3.05, 3.63) is 0 Å².